The molecular weight excluding hydrogens is 362 g/mol. The average molecular weight is 389 g/mol. The van der Waals surface area contributed by atoms with Crippen LogP contribution in [0.2, 0.25) is 0 Å². The molecule has 0 spiro atoms. The molecule has 7 heteroatoms. The molecule has 1 aliphatic heterocycles. The van der Waals surface area contributed by atoms with Crippen LogP contribution in [0.15, 0.2) is 36.4 Å². The number of hydrogen-bond acceptors (Lipinski definition) is 7. The average Bonchev–Trinajstić information content (AvgIpc) is 2.73. The number of phenols is 1. The van der Waals surface area contributed by atoms with Gasteiger partial charge in [-0.05, 0) is 35.4 Å². The van der Waals surface area contributed by atoms with E-state index in [1.165, 1.54) is 7.11 Å². The summed E-state index contributed by atoms with van der Waals surface area (Å²) in [6.45, 7) is 1.72. The quantitative estimate of drug-likeness (QED) is 0.752. The minimum absolute atomic E-state index is 0.0939. The molecule has 152 valence electrons. The Labute approximate surface area is 165 Å². The number of rotatable bonds is 7. The lowest BCUT2D eigenvalue weighted by Crippen LogP contribution is -2.46. The smallest absolute Gasteiger partial charge is 0.161 e. The molecule has 3 rings (SSSR count). The maximum absolute atomic E-state index is 10.1. The van der Waals surface area contributed by atoms with Crippen LogP contribution in [0.5, 0.6) is 23.0 Å². The summed E-state index contributed by atoms with van der Waals surface area (Å²) in [6, 6.07) is 10.9. The predicted molar refractivity (Wildman–Crippen MR) is 104 cm³/mol. The van der Waals surface area contributed by atoms with Crippen LogP contribution in [0, 0.1) is 0 Å². The van der Waals surface area contributed by atoms with Gasteiger partial charge in [0.15, 0.2) is 23.0 Å². The van der Waals surface area contributed by atoms with E-state index in [0.717, 1.165) is 11.1 Å². The van der Waals surface area contributed by atoms with Crippen molar-refractivity contribution in [3.05, 3.63) is 47.5 Å². The third kappa shape index (κ3) is 4.16. The van der Waals surface area contributed by atoms with E-state index in [1.807, 2.05) is 24.3 Å². The topological polar surface area (TPSA) is 80.6 Å². The van der Waals surface area contributed by atoms with Gasteiger partial charge in [-0.1, -0.05) is 12.1 Å². The molecule has 0 unspecified atom stereocenters. The third-order valence-electron chi connectivity index (χ3n) is 5.01. The standard InChI is InChI=1S/C21H27NO6/c1-25-17-6-4-14(10-16(17)24)12-22-8-9-28-20(13-23)21(22)15-5-7-18(26-2)19(11-15)27-3/h4-7,10-11,20-21,23-24H,8-9,12-13H2,1-3H3/t20-,21-/m1/s1. The fourth-order valence-electron chi connectivity index (χ4n) is 3.65. The Morgan fingerprint density at radius 2 is 1.71 bits per heavy atom. The third-order valence-corrected chi connectivity index (χ3v) is 5.01. The van der Waals surface area contributed by atoms with E-state index in [4.69, 9.17) is 18.9 Å². The largest absolute Gasteiger partial charge is 0.504 e. The van der Waals surface area contributed by atoms with E-state index < -0.39 is 0 Å². The van der Waals surface area contributed by atoms with Gasteiger partial charge in [-0.25, -0.2) is 0 Å². The first-order valence-corrected chi connectivity index (χ1v) is 9.15. The molecule has 0 amide bonds. The van der Waals surface area contributed by atoms with E-state index in [2.05, 4.69) is 4.90 Å². The molecule has 28 heavy (non-hydrogen) atoms. The van der Waals surface area contributed by atoms with Crippen molar-refractivity contribution in [2.75, 3.05) is 41.1 Å². The van der Waals surface area contributed by atoms with Gasteiger partial charge in [-0.2, -0.15) is 0 Å². The lowest BCUT2D eigenvalue weighted by molar-refractivity contribution is -0.0961. The first kappa shape index (κ1) is 20.3. The number of ether oxygens (including phenoxy) is 4. The lowest BCUT2D eigenvalue weighted by atomic mass is 9.97. The highest BCUT2D eigenvalue weighted by Gasteiger charge is 2.34. The second kappa shape index (κ2) is 9.14. The van der Waals surface area contributed by atoms with Crippen molar-refractivity contribution >= 4 is 0 Å². The Bertz CT molecular complexity index is 796. The Morgan fingerprint density at radius 1 is 1.00 bits per heavy atom. The number of aromatic hydroxyl groups is 1. The van der Waals surface area contributed by atoms with E-state index in [9.17, 15) is 10.2 Å². The monoisotopic (exact) mass is 389 g/mol. The molecule has 1 aliphatic rings. The summed E-state index contributed by atoms with van der Waals surface area (Å²) in [5.41, 5.74) is 1.91. The van der Waals surface area contributed by atoms with Crippen LogP contribution >= 0.6 is 0 Å². The van der Waals surface area contributed by atoms with Gasteiger partial charge < -0.3 is 29.2 Å². The summed E-state index contributed by atoms with van der Waals surface area (Å²) in [5, 5.41) is 20.0. The number of hydrogen-bond donors (Lipinski definition) is 2. The summed E-state index contributed by atoms with van der Waals surface area (Å²) >= 11 is 0. The molecule has 0 bridgehead atoms. The number of aliphatic hydroxyl groups is 1. The Kier molecular flexibility index (Phi) is 6.61. The van der Waals surface area contributed by atoms with Crippen LogP contribution in [-0.2, 0) is 11.3 Å². The van der Waals surface area contributed by atoms with Crippen molar-refractivity contribution in [2.24, 2.45) is 0 Å². The zero-order valence-electron chi connectivity index (χ0n) is 16.4. The van der Waals surface area contributed by atoms with Crippen molar-refractivity contribution in [3.63, 3.8) is 0 Å². The molecule has 1 saturated heterocycles. The second-order valence-electron chi connectivity index (χ2n) is 6.63. The number of benzene rings is 2. The first-order valence-electron chi connectivity index (χ1n) is 9.15. The van der Waals surface area contributed by atoms with Gasteiger partial charge in [0.2, 0.25) is 0 Å². The molecule has 2 aromatic carbocycles. The van der Waals surface area contributed by atoms with Gasteiger partial charge in [-0.15, -0.1) is 0 Å². The highest BCUT2D eigenvalue weighted by atomic mass is 16.5. The minimum Gasteiger partial charge on any atom is -0.504 e. The molecule has 0 aromatic heterocycles. The number of phenolic OH excluding ortho intramolecular Hbond substituents is 1. The van der Waals surface area contributed by atoms with Crippen LogP contribution in [0.1, 0.15) is 17.2 Å². The summed E-state index contributed by atoms with van der Waals surface area (Å²) in [4.78, 5) is 2.23. The Morgan fingerprint density at radius 3 is 2.36 bits per heavy atom. The molecule has 2 atom stereocenters. The number of morpholine rings is 1. The van der Waals surface area contributed by atoms with Crippen molar-refractivity contribution in [2.45, 2.75) is 18.7 Å². The summed E-state index contributed by atoms with van der Waals surface area (Å²) in [6.07, 6.45) is -0.362. The number of aliphatic hydroxyl groups excluding tert-OH is 1. The molecule has 2 aromatic rings. The van der Waals surface area contributed by atoms with E-state index in [-0.39, 0.29) is 24.5 Å². The van der Waals surface area contributed by atoms with E-state index in [0.29, 0.717) is 36.9 Å². The van der Waals surface area contributed by atoms with Crippen molar-refractivity contribution in [1.82, 2.24) is 4.90 Å². The predicted octanol–water partition coefficient (Wildman–Crippen LogP) is 2.35. The van der Waals surface area contributed by atoms with E-state index >= 15 is 0 Å². The van der Waals surface area contributed by atoms with Gasteiger partial charge in [-0.3, -0.25) is 4.90 Å². The summed E-state index contributed by atoms with van der Waals surface area (Å²) < 4.78 is 21.7. The maximum Gasteiger partial charge on any atom is 0.161 e. The first-order chi connectivity index (χ1) is 13.6. The molecule has 0 radical (unpaired) electrons. The van der Waals surface area contributed by atoms with Crippen molar-refractivity contribution in [3.8, 4) is 23.0 Å². The molecule has 0 saturated carbocycles. The van der Waals surface area contributed by atoms with Gasteiger partial charge in [0, 0.05) is 13.1 Å². The van der Waals surface area contributed by atoms with Crippen LogP contribution in [0.3, 0.4) is 0 Å². The summed E-state index contributed by atoms with van der Waals surface area (Å²) in [5.74, 6) is 1.82. The fraction of sp³-hybridized carbons (Fsp3) is 0.429. The zero-order chi connectivity index (χ0) is 20.1. The zero-order valence-corrected chi connectivity index (χ0v) is 16.4. The fourth-order valence-corrected chi connectivity index (χ4v) is 3.65. The van der Waals surface area contributed by atoms with Crippen LogP contribution in [-0.4, -0.2) is 62.3 Å². The molecule has 2 N–H and O–H groups in total. The highest BCUT2D eigenvalue weighted by Crippen LogP contribution is 2.37. The van der Waals surface area contributed by atoms with Gasteiger partial charge in [0.05, 0.1) is 40.6 Å². The van der Waals surface area contributed by atoms with Crippen LogP contribution in [0.25, 0.3) is 0 Å². The van der Waals surface area contributed by atoms with Gasteiger partial charge >= 0.3 is 0 Å². The normalized spacial score (nSPS) is 20.0. The molecule has 1 heterocycles. The molecule has 0 aliphatic carbocycles. The SMILES string of the molecule is COc1ccc(CN2CCO[C@H](CO)[C@H]2c2ccc(OC)c(OC)c2)cc1O. The number of nitrogens with zero attached hydrogens (tertiary/aromatic N) is 1. The Hall–Kier alpha value is -2.48. The van der Waals surface area contributed by atoms with E-state index in [1.54, 1.807) is 26.4 Å². The lowest BCUT2D eigenvalue weighted by Gasteiger charge is -2.41. The highest BCUT2D eigenvalue weighted by molar-refractivity contribution is 5.44. The second-order valence-corrected chi connectivity index (χ2v) is 6.63. The minimum atomic E-state index is -0.362. The van der Waals surface area contributed by atoms with Crippen molar-refractivity contribution in [1.29, 1.82) is 0 Å². The molecule has 7 nitrogen and oxygen atoms in total. The van der Waals surface area contributed by atoms with Gasteiger partial charge in [0.25, 0.3) is 0 Å². The molecule has 1 fully saturated rings. The maximum atomic E-state index is 10.1. The Balaban J connectivity index is 1.91. The summed E-state index contributed by atoms with van der Waals surface area (Å²) in [7, 11) is 4.72. The van der Waals surface area contributed by atoms with Gasteiger partial charge in [0.1, 0.15) is 6.10 Å². The van der Waals surface area contributed by atoms with Crippen LogP contribution < -0.4 is 14.2 Å². The van der Waals surface area contributed by atoms with Crippen LogP contribution in [0.4, 0.5) is 0 Å². The number of methoxy groups -OCH3 is 3. The van der Waals surface area contributed by atoms with Crippen molar-refractivity contribution < 1.29 is 29.2 Å². The molecular formula is C21H27NO6.